The zero-order chi connectivity index (χ0) is 7.26. The Morgan fingerprint density at radius 3 is 2.00 bits per heavy atom. The van der Waals surface area contributed by atoms with E-state index in [0.29, 0.717) is 0 Å². The summed E-state index contributed by atoms with van der Waals surface area (Å²) in [4.78, 5) is 6.21. The molecule has 3 heteroatoms. The summed E-state index contributed by atoms with van der Waals surface area (Å²) in [5.74, 6) is 0. The number of hydrogen-bond donors (Lipinski definition) is 2. The van der Waals surface area contributed by atoms with Crippen LogP contribution < -0.4 is 0 Å². The molecule has 3 rings (SSSR count). The molecule has 0 atom stereocenters. The van der Waals surface area contributed by atoms with Gasteiger partial charge < -0.3 is 14.4 Å². The summed E-state index contributed by atoms with van der Waals surface area (Å²) in [6.07, 6.45) is 3.74. The van der Waals surface area contributed by atoms with Gasteiger partial charge in [-0.3, -0.25) is 0 Å². The lowest BCUT2D eigenvalue weighted by Gasteiger charge is -1.73. The lowest BCUT2D eigenvalue weighted by Crippen LogP contribution is -1.61. The molecule has 3 aromatic rings. The standard InChI is InChI=1S/C8H6N2O/c1-3-9-7-5(1)11-6-2-4-10-8(6)7/h1-4,9-10H. The lowest BCUT2D eigenvalue weighted by molar-refractivity contribution is 0.670. The number of aromatic nitrogens is 2. The third-order valence-corrected chi connectivity index (χ3v) is 1.89. The van der Waals surface area contributed by atoms with Crippen molar-refractivity contribution in [1.82, 2.24) is 9.97 Å². The highest BCUT2D eigenvalue weighted by Crippen LogP contribution is 2.25. The molecule has 2 N–H and O–H groups in total. The molecule has 0 spiro atoms. The maximum Gasteiger partial charge on any atom is 0.154 e. The number of nitrogens with one attached hydrogen (secondary N) is 2. The third-order valence-electron chi connectivity index (χ3n) is 1.89. The molecular formula is C8H6N2O. The van der Waals surface area contributed by atoms with Crippen molar-refractivity contribution in [2.45, 2.75) is 0 Å². The van der Waals surface area contributed by atoms with Gasteiger partial charge in [-0.2, -0.15) is 0 Å². The highest BCUT2D eigenvalue weighted by molar-refractivity contribution is 6.00. The number of hydrogen-bond acceptors (Lipinski definition) is 1. The monoisotopic (exact) mass is 146 g/mol. The average Bonchev–Trinajstić information content (AvgIpc) is 2.52. The van der Waals surface area contributed by atoms with Gasteiger partial charge in [-0.05, 0) is 12.1 Å². The first-order valence-electron chi connectivity index (χ1n) is 3.48. The van der Waals surface area contributed by atoms with Crippen molar-refractivity contribution in [1.29, 1.82) is 0 Å². The first kappa shape index (κ1) is 5.07. The second kappa shape index (κ2) is 1.50. The van der Waals surface area contributed by atoms with E-state index in [1.807, 2.05) is 24.5 Å². The van der Waals surface area contributed by atoms with Crippen molar-refractivity contribution >= 4 is 22.2 Å². The smallest absolute Gasteiger partial charge is 0.154 e. The van der Waals surface area contributed by atoms with Crippen molar-refractivity contribution in [3.8, 4) is 0 Å². The van der Waals surface area contributed by atoms with Crippen LogP contribution in [0.15, 0.2) is 28.9 Å². The highest BCUT2D eigenvalue weighted by Gasteiger charge is 2.06. The van der Waals surface area contributed by atoms with Crippen molar-refractivity contribution in [3.05, 3.63) is 24.5 Å². The molecule has 0 fully saturated rings. The molecule has 0 bridgehead atoms. The minimum absolute atomic E-state index is 0.909. The van der Waals surface area contributed by atoms with Crippen LogP contribution in [-0.2, 0) is 0 Å². The summed E-state index contributed by atoms with van der Waals surface area (Å²) in [5.41, 5.74) is 3.91. The molecule has 3 nitrogen and oxygen atoms in total. The van der Waals surface area contributed by atoms with Gasteiger partial charge in [0.2, 0.25) is 0 Å². The van der Waals surface area contributed by atoms with Crippen LogP contribution in [0.5, 0.6) is 0 Å². The van der Waals surface area contributed by atoms with Crippen LogP contribution in [0.25, 0.3) is 22.2 Å². The maximum absolute atomic E-state index is 5.47. The minimum Gasteiger partial charge on any atom is -0.453 e. The molecular weight excluding hydrogens is 140 g/mol. The van der Waals surface area contributed by atoms with E-state index < -0.39 is 0 Å². The molecule has 3 aromatic heterocycles. The molecule has 3 heterocycles. The summed E-state index contributed by atoms with van der Waals surface area (Å²) in [7, 11) is 0. The molecule has 0 radical (unpaired) electrons. The van der Waals surface area contributed by atoms with E-state index in [2.05, 4.69) is 9.97 Å². The van der Waals surface area contributed by atoms with Gasteiger partial charge in [0, 0.05) is 12.4 Å². The van der Waals surface area contributed by atoms with Gasteiger partial charge in [-0.25, -0.2) is 0 Å². The predicted octanol–water partition coefficient (Wildman–Crippen LogP) is 2.24. The van der Waals surface area contributed by atoms with Gasteiger partial charge in [0.25, 0.3) is 0 Å². The molecule has 0 saturated carbocycles. The van der Waals surface area contributed by atoms with Gasteiger partial charge in [0.05, 0.1) is 0 Å². The quantitative estimate of drug-likeness (QED) is 0.502. The minimum atomic E-state index is 0.909. The molecule has 0 amide bonds. The van der Waals surface area contributed by atoms with Crippen molar-refractivity contribution in [2.75, 3.05) is 0 Å². The number of rotatable bonds is 0. The summed E-state index contributed by atoms with van der Waals surface area (Å²) < 4.78 is 5.47. The second-order valence-corrected chi connectivity index (χ2v) is 2.54. The zero-order valence-electron chi connectivity index (χ0n) is 5.72. The van der Waals surface area contributed by atoms with E-state index in [1.165, 1.54) is 0 Å². The summed E-state index contributed by atoms with van der Waals surface area (Å²) in [6.45, 7) is 0. The Labute approximate surface area is 62.0 Å². The molecule has 0 aliphatic carbocycles. The largest absolute Gasteiger partial charge is 0.453 e. The fraction of sp³-hybridized carbons (Fsp3) is 0. The van der Waals surface area contributed by atoms with E-state index in [1.54, 1.807) is 0 Å². The van der Waals surface area contributed by atoms with Crippen molar-refractivity contribution in [3.63, 3.8) is 0 Å². The van der Waals surface area contributed by atoms with Gasteiger partial charge in [0.1, 0.15) is 11.0 Å². The van der Waals surface area contributed by atoms with Crippen LogP contribution in [0.4, 0.5) is 0 Å². The zero-order valence-corrected chi connectivity index (χ0v) is 5.72. The van der Waals surface area contributed by atoms with E-state index in [0.717, 1.165) is 22.2 Å². The molecule has 0 aliphatic rings. The second-order valence-electron chi connectivity index (χ2n) is 2.54. The average molecular weight is 146 g/mol. The van der Waals surface area contributed by atoms with Gasteiger partial charge in [-0.15, -0.1) is 0 Å². The predicted molar refractivity (Wildman–Crippen MR) is 42.4 cm³/mol. The normalized spacial score (nSPS) is 11.6. The summed E-state index contributed by atoms with van der Waals surface area (Å²) in [5, 5.41) is 0. The Morgan fingerprint density at radius 1 is 0.909 bits per heavy atom. The molecule has 0 aliphatic heterocycles. The Morgan fingerprint density at radius 2 is 1.45 bits per heavy atom. The van der Waals surface area contributed by atoms with E-state index in [9.17, 15) is 0 Å². The Kier molecular flexibility index (Phi) is 0.692. The van der Waals surface area contributed by atoms with Gasteiger partial charge >= 0.3 is 0 Å². The Hall–Kier alpha value is -1.64. The lowest BCUT2D eigenvalue weighted by atomic mass is 10.4. The van der Waals surface area contributed by atoms with Crippen LogP contribution in [0, 0.1) is 0 Å². The SMILES string of the molecule is c1cc2oc3cc[nH]c3c2[nH]1. The van der Waals surface area contributed by atoms with Crippen LogP contribution in [0.3, 0.4) is 0 Å². The summed E-state index contributed by atoms with van der Waals surface area (Å²) in [6, 6.07) is 3.84. The topological polar surface area (TPSA) is 44.7 Å². The number of fused-ring (bicyclic) bond motifs is 3. The van der Waals surface area contributed by atoms with Gasteiger partial charge in [0.15, 0.2) is 11.2 Å². The molecule has 54 valence electrons. The molecule has 0 saturated heterocycles. The Bertz CT molecular complexity index is 455. The van der Waals surface area contributed by atoms with Crippen LogP contribution in [-0.4, -0.2) is 9.97 Å². The van der Waals surface area contributed by atoms with Gasteiger partial charge in [-0.1, -0.05) is 0 Å². The molecule has 0 aromatic carbocycles. The molecule has 0 unspecified atom stereocenters. The molecule has 11 heavy (non-hydrogen) atoms. The number of furan rings is 1. The highest BCUT2D eigenvalue weighted by atomic mass is 16.3. The third kappa shape index (κ3) is 0.487. The van der Waals surface area contributed by atoms with Crippen LogP contribution >= 0.6 is 0 Å². The first-order valence-corrected chi connectivity index (χ1v) is 3.48. The van der Waals surface area contributed by atoms with E-state index in [-0.39, 0.29) is 0 Å². The maximum atomic E-state index is 5.47. The fourth-order valence-electron chi connectivity index (χ4n) is 1.39. The number of aromatic amines is 2. The van der Waals surface area contributed by atoms with E-state index >= 15 is 0 Å². The van der Waals surface area contributed by atoms with Crippen molar-refractivity contribution < 1.29 is 4.42 Å². The van der Waals surface area contributed by atoms with Crippen molar-refractivity contribution in [2.24, 2.45) is 0 Å². The van der Waals surface area contributed by atoms with Crippen LogP contribution in [0.1, 0.15) is 0 Å². The fourth-order valence-corrected chi connectivity index (χ4v) is 1.39. The van der Waals surface area contributed by atoms with Crippen LogP contribution in [0.2, 0.25) is 0 Å². The Balaban J connectivity index is 2.75. The van der Waals surface area contributed by atoms with E-state index in [4.69, 9.17) is 4.42 Å². The number of H-pyrrole nitrogens is 2. The first-order chi connectivity index (χ1) is 5.45. The summed E-state index contributed by atoms with van der Waals surface area (Å²) >= 11 is 0.